The summed E-state index contributed by atoms with van der Waals surface area (Å²) in [6, 6.07) is 4.87. The van der Waals surface area contributed by atoms with Gasteiger partial charge in [0.05, 0.1) is 16.3 Å². The molecule has 0 unspecified atom stereocenters. The van der Waals surface area contributed by atoms with Gasteiger partial charge in [0.1, 0.15) is 5.82 Å². The van der Waals surface area contributed by atoms with E-state index < -0.39 is 5.82 Å². The zero-order valence-electron chi connectivity index (χ0n) is 10.3. The van der Waals surface area contributed by atoms with Gasteiger partial charge in [0.25, 0.3) is 0 Å². The lowest BCUT2D eigenvalue weighted by Gasteiger charge is -2.09. The Balaban J connectivity index is 2.13. The monoisotopic (exact) mass is 280 g/mol. The predicted molar refractivity (Wildman–Crippen MR) is 72.5 cm³/mol. The molecule has 1 saturated carbocycles. The van der Waals surface area contributed by atoms with Gasteiger partial charge in [0, 0.05) is 11.5 Å². The highest BCUT2D eigenvalue weighted by Gasteiger charge is 2.28. The quantitative estimate of drug-likeness (QED) is 0.888. The van der Waals surface area contributed by atoms with Crippen molar-refractivity contribution in [2.75, 3.05) is 5.73 Å². The molecule has 0 spiro atoms. The average molecular weight is 281 g/mol. The Morgan fingerprint density at radius 3 is 2.79 bits per heavy atom. The Kier molecular flexibility index (Phi) is 3.19. The Labute approximate surface area is 115 Å². The van der Waals surface area contributed by atoms with E-state index in [9.17, 15) is 4.39 Å². The second-order valence-electron chi connectivity index (χ2n) is 4.89. The Bertz CT molecular complexity index is 605. The van der Waals surface area contributed by atoms with Crippen LogP contribution >= 0.6 is 11.6 Å². The molecule has 1 fully saturated rings. The fourth-order valence-corrected chi connectivity index (χ4v) is 2.94. The number of aromatic nitrogens is 1. The van der Waals surface area contributed by atoms with Crippen molar-refractivity contribution in [1.82, 2.24) is 5.16 Å². The summed E-state index contributed by atoms with van der Waals surface area (Å²) in [5.41, 5.74) is 7.51. The molecule has 0 radical (unpaired) electrons. The molecule has 0 saturated heterocycles. The number of nitrogens with zero attached hydrogens (tertiary/aromatic N) is 1. The fourth-order valence-electron chi connectivity index (χ4n) is 2.76. The zero-order valence-corrected chi connectivity index (χ0v) is 11.1. The Morgan fingerprint density at radius 2 is 2.05 bits per heavy atom. The maximum Gasteiger partial charge on any atom is 0.230 e. The first-order valence-corrected chi connectivity index (χ1v) is 6.75. The van der Waals surface area contributed by atoms with Gasteiger partial charge in [-0.2, -0.15) is 0 Å². The van der Waals surface area contributed by atoms with Gasteiger partial charge in [-0.15, -0.1) is 0 Å². The third-order valence-corrected chi connectivity index (χ3v) is 4.00. The SMILES string of the molecule is Nc1onc(C2CCCC2)c1-c1cccc(Cl)c1F. The first-order chi connectivity index (χ1) is 9.18. The second-order valence-corrected chi connectivity index (χ2v) is 5.30. The van der Waals surface area contributed by atoms with Crippen molar-refractivity contribution in [3.63, 3.8) is 0 Å². The molecule has 100 valence electrons. The molecule has 1 heterocycles. The van der Waals surface area contributed by atoms with Crippen LogP contribution in [0.2, 0.25) is 5.02 Å². The summed E-state index contributed by atoms with van der Waals surface area (Å²) in [7, 11) is 0. The summed E-state index contributed by atoms with van der Waals surface area (Å²) in [6.45, 7) is 0. The number of benzene rings is 1. The van der Waals surface area contributed by atoms with E-state index in [0.717, 1.165) is 31.4 Å². The molecule has 1 aliphatic carbocycles. The van der Waals surface area contributed by atoms with Gasteiger partial charge in [0.15, 0.2) is 0 Å². The molecule has 0 atom stereocenters. The van der Waals surface area contributed by atoms with Crippen LogP contribution in [0.4, 0.5) is 10.3 Å². The Hall–Kier alpha value is -1.55. The topological polar surface area (TPSA) is 52.0 Å². The minimum absolute atomic E-state index is 0.0791. The van der Waals surface area contributed by atoms with Crippen molar-refractivity contribution in [2.45, 2.75) is 31.6 Å². The molecule has 3 rings (SSSR count). The van der Waals surface area contributed by atoms with Crippen LogP contribution in [-0.2, 0) is 0 Å². The fraction of sp³-hybridized carbons (Fsp3) is 0.357. The molecule has 19 heavy (non-hydrogen) atoms. The van der Waals surface area contributed by atoms with Crippen LogP contribution in [0.5, 0.6) is 0 Å². The molecule has 0 bridgehead atoms. The summed E-state index contributed by atoms with van der Waals surface area (Å²) in [5, 5.41) is 4.11. The van der Waals surface area contributed by atoms with Crippen LogP contribution in [0, 0.1) is 5.82 Å². The largest absolute Gasteiger partial charge is 0.367 e. The molecule has 2 aromatic rings. The lowest BCUT2D eigenvalue weighted by atomic mass is 9.95. The number of rotatable bonds is 2. The number of nitrogen functional groups attached to an aromatic ring is 1. The summed E-state index contributed by atoms with van der Waals surface area (Å²) >= 11 is 5.83. The van der Waals surface area contributed by atoms with Gasteiger partial charge in [-0.1, -0.05) is 41.7 Å². The molecule has 0 amide bonds. The van der Waals surface area contributed by atoms with Crippen molar-refractivity contribution in [1.29, 1.82) is 0 Å². The van der Waals surface area contributed by atoms with Gasteiger partial charge >= 0.3 is 0 Å². The van der Waals surface area contributed by atoms with Gasteiger partial charge < -0.3 is 10.3 Å². The van der Waals surface area contributed by atoms with Crippen molar-refractivity contribution >= 4 is 17.5 Å². The van der Waals surface area contributed by atoms with Gasteiger partial charge in [0.2, 0.25) is 5.88 Å². The van der Waals surface area contributed by atoms with E-state index in [1.54, 1.807) is 12.1 Å². The zero-order chi connectivity index (χ0) is 13.4. The van der Waals surface area contributed by atoms with Crippen LogP contribution < -0.4 is 5.73 Å². The lowest BCUT2D eigenvalue weighted by Crippen LogP contribution is -1.98. The van der Waals surface area contributed by atoms with Crippen LogP contribution in [0.3, 0.4) is 0 Å². The molecular formula is C14H14ClFN2O. The van der Waals surface area contributed by atoms with E-state index >= 15 is 0 Å². The number of hydrogen-bond acceptors (Lipinski definition) is 3. The molecule has 1 aliphatic rings. The smallest absolute Gasteiger partial charge is 0.230 e. The van der Waals surface area contributed by atoms with Crippen molar-refractivity contribution in [2.24, 2.45) is 0 Å². The molecule has 5 heteroatoms. The van der Waals surface area contributed by atoms with Crippen molar-refractivity contribution in [3.8, 4) is 11.1 Å². The van der Waals surface area contributed by atoms with E-state index in [4.69, 9.17) is 21.9 Å². The van der Waals surface area contributed by atoms with Crippen LogP contribution in [0.25, 0.3) is 11.1 Å². The summed E-state index contributed by atoms with van der Waals surface area (Å²) in [5.74, 6) is -0.0178. The third kappa shape index (κ3) is 2.10. The molecule has 1 aromatic carbocycles. The highest BCUT2D eigenvalue weighted by Crippen LogP contribution is 2.42. The van der Waals surface area contributed by atoms with E-state index in [-0.39, 0.29) is 10.9 Å². The maximum atomic E-state index is 14.2. The van der Waals surface area contributed by atoms with Crippen LogP contribution in [0.15, 0.2) is 22.7 Å². The number of anilines is 1. The Morgan fingerprint density at radius 1 is 1.32 bits per heavy atom. The van der Waals surface area contributed by atoms with Crippen molar-refractivity contribution < 1.29 is 8.91 Å². The van der Waals surface area contributed by atoms with Gasteiger partial charge in [-0.25, -0.2) is 4.39 Å². The minimum Gasteiger partial charge on any atom is -0.367 e. The van der Waals surface area contributed by atoms with Crippen LogP contribution in [-0.4, -0.2) is 5.16 Å². The second kappa shape index (κ2) is 4.85. The summed E-state index contributed by atoms with van der Waals surface area (Å²) in [4.78, 5) is 0. The molecule has 3 nitrogen and oxygen atoms in total. The number of halogens is 2. The molecule has 1 aromatic heterocycles. The highest BCUT2D eigenvalue weighted by atomic mass is 35.5. The van der Waals surface area contributed by atoms with Gasteiger partial charge in [-0.05, 0) is 18.9 Å². The standard InChI is InChI=1S/C14H14ClFN2O/c15-10-7-3-6-9(12(10)16)11-13(18-19-14(11)17)8-4-1-2-5-8/h3,6-8H,1-2,4-5,17H2. The molecule has 2 N–H and O–H groups in total. The van der Waals surface area contributed by atoms with E-state index in [0.29, 0.717) is 17.0 Å². The average Bonchev–Trinajstić information content (AvgIpc) is 3.02. The molecular weight excluding hydrogens is 267 g/mol. The minimum atomic E-state index is -0.474. The van der Waals surface area contributed by atoms with Gasteiger partial charge in [-0.3, -0.25) is 0 Å². The summed E-state index contributed by atoms with van der Waals surface area (Å²) in [6.07, 6.45) is 4.41. The first-order valence-electron chi connectivity index (χ1n) is 6.38. The van der Waals surface area contributed by atoms with Crippen molar-refractivity contribution in [3.05, 3.63) is 34.7 Å². The lowest BCUT2D eigenvalue weighted by molar-refractivity contribution is 0.420. The van der Waals surface area contributed by atoms with Crippen LogP contribution in [0.1, 0.15) is 37.3 Å². The third-order valence-electron chi connectivity index (χ3n) is 3.71. The van der Waals surface area contributed by atoms with E-state index in [1.165, 1.54) is 6.07 Å². The summed E-state index contributed by atoms with van der Waals surface area (Å²) < 4.78 is 19.2. The molecule has 0 aliphatic heterocycles. The highest BCUT2D eigenvalue weighted by molar-refractivity contribution is 6.31. The van der Waals surface area contributed by atoms with E-state index in [1.807, 2.05) is 0 Å². The maximum absolute atomic E-state index is 14.2. The number of nitrogens with two attached hydrogens (primary N) is 1. The first kappa shape index (κ1) is 12.5. The van der Waals surface area contributed by atoms with E-state index in [2.05, 4.69) is 5.16 Å². The normalized spacial score (nSPS) is 16.1. The number of hydrogen-bond donors (Lipinski definition) is 1. The predicted octanol–water partition coefficient (Wildman–Crippen LogP) is 4.37.